The number of nitrogens with one attached hydrogen (secondary N) is 3. The van der Waals surface area contributed by atoms with Gasteiger partial charge >= 0.3 is 0 Å². The molecule has 26 heavy (non-hydrogen) atoms. The van der Waals surface area contributed by atoms with Crippen molar-refractivity contribution in [1.82, 2.24) is 10.9 Å². The van der Waals surface area contributed by atoms with Crippen LogP contribution in [0.4, 0.5) is 5.69 Å². The maximum absolute atomic E-state index is 11.8. The van der Waals surface area contributed by atoms with Crippen LogP contribution in [-0.2, 0) is 9.59 Å². The number of para-hydroxylation sites is 2. The molecule has 0 bridgehead atoms. The van der Waals surface area contributed by atoms with Gasteiger partial charge in [0.15, 0.2) is 6.61 Å². The van der Waals surface area contributed by atoms with Gasteiger partial charge in [0.05, 0.1) is 19.3 Å². The molecule has 7 nitrogen and oxygen atoms in total. The molecule has 2 aromatic rings. The third-order valence-corrected chi connectivity index (χ3v) is 3.80. The third kappa shape index (κ3) is 5.41. The summed E-state index contributed by atoms with van der Waals surface area (Å²) < 4.78 is 10.7. The maximum Gasteiger partial charge on any atom is 0.276 e. The molecule has 3 N–H and O–H groups in total. The number of carbonyl (C=O) groups excluding carboxylic acids is 2. The summed E-state index contributed by atoms with van der Waals surface area (Å²) in [7, 11) is 1.55. The Balaban J connectivity index is 1.73. The summed E-state index contributed by atoms with van der Waals surface area (Å²) in [6, 6.07) is 12.9. The average molecular weight is 357 g/mol. The fraction of sp³-hybridized carbons (Fsp3) is 0.263. The van der Waals surface area contributed by atoms with E-state index in [0.717, 1.165) is 11.1 Å². The van der Waals surface area contributed by atoms with Crippen LogP contribution in [-0.4, -0.2) is 32.1 Å². The Kier molecular flexibility index (Phi) is 6.84. The lowest BCUT2D eigenvalue weighted by molar-refractivity contribution is -0.129. The lowest BCUT2D eigenvalue weighted by Gasteiger charge is -2.13. The second kappa shape index (κ2) is 9.31. The molecule has 0 aliphatic rings. The van der Waals surface area contributed by atoms with Gasteiger partial charge in [0.25, 0.3) is 11.8 Å². The molecule has 0 spiro atoms. The van der Waals surface area contributed by atoms with Crippen LogP contribution in [0.2, 0.25) is 0 Å². The first-order chi connectivity index (χ1) is 12.5. The predicted octanol–water partition coefficient (Wildman–Crippen LogP) is 1.95. The van der Waals surface area contributed by atoms with E-state index in [1.165, 1.54) is 0 Å². The number of carbonyl (C=O) groups is 2. The predicted molar refractivity (Wildman–Crippen MR) is 99.2 cm³/mol. The first-order valence-corrected chi connectivity index (χ1v) is 8.15. The minimum Gasteiger partial charge on any atom is -0.495 e. The number of hydrogen-bond acceptors (Lipinski definition) is 5. The molecular formula is C19H23N3O4. The van der Waals surface area contributed by atoms with Crippen molar-refractivity contribution in [3.63, 3.8) is 0 Å². The Labute approximate surface area is 152 Å². The molecule has 0 saturated carbocycles. The molecule has 0 aliphatic carbocycles. The van der Waals surface area contributed by atoms with Gasteiger partial charge in [-0.3, -0.25) is 20.4 Å². The quantitative estimate of drug-likeness (QED) is 0.659. The summed E-state index contributed by atoms with van der Waals surface area (Å²) in [6.45, 7) is 3.69. The molecule has 0 atom stereocenters. The molecule has 2 amide bonds. The van der Waals surface area contributed by atoms with E-state index in [4.69, 9.17) is 9.47 Å². The lowest BCUT2D eigenvalue weighted by Crippen LogP contribution is -2.46. The molecule has 138 valence electrons. The number of rotatable bonds is 7. The largest absolute Gasteiger partial charge is 0.495 e. The number of benzene rings is 2. The smallest absolute Gasteiger partial charge is 0.276 e. The first-order valence-electron chi connectivity index (χ1n) is 8.15. The molecule has 7 heteroatoms. The zero-order chi connectivity index (χ0) is 18.9. The van der Waals surface area contributed by atoms with E-state index in [-0.39, 0.29) is 13.2 Å². The molecule has 0 saturated heterocycles. The molecular weight excluding hydrogens is 334 g/mol. The highest BCUT2D eigenvalue weighted by atomic mass is 16.5. The van der Waals surface area contributed by atoms with Crippen molar-refractivity contribution in [3.05, 3.63) is 53.6 Å². The topological polar surface area (TPSA) is 88.7 Å². The minimum atomic E-state index is -0.448. The van der Waals surface area contributed by atoms with Crippen LogP contribution in [0.15, 0.2) is 42.5 Å². The SMILES string of the molecule is COc1ccccc1NCC(=O)NNC(=O)COc1cccc(C)c1C. The molecule has 2 rings (SSSR count). The molecule has 0 fully saturated rings. The molecule has 0 aromatic heterocycles. The van der Waals surface area contributed by atoms with Gasteiger partial charge in [-0.05, 0) is 43.2 Å². The maximum atomic E-state index is 11.8. The zero-order valence-electron chi connectivity index (χ0n) is 15.1. The van der Waals surface area contributed by atoms with E-state index in [1.54, 1.807) is 25.3 Å². The van der Waals surface area contributed by atoms with Crippen LogP contribution >= 0.6 is 0 Å². The highest BCUT2D eigenvalue weighted by Gasteiger charge is 2.08. The van der Waals surface area contributed by atoms with E-state index < -0.39 is 11.8 Å². The van der Waals surface area contributed by atoms with Crippen LogP contribution in [0.25, 0.3) is 0 Å². The second-order valence-corrected chi connectivity index (χ2v) is 5.64. The highest BCUT2D eigenvalue weighted by Crippen LogP contribution is 2.22. The van der Waals surface area contributed by atoms with Crippen molar-refractivity contribution in [3.8, 4) is 11.5 Å². The van der Waals surface area contributed by atoms with E-state index in [9.17, 15) is 9.59 Å². The lowest BCUT2D eigenvalue weighted by atomic mass is 10.1. The van der Waals surface area contributed by atoms with E-state index in [0.29, 0.717) is 17.2 Å². The number of hydrazine groups is 1. The minimum absolute atomic E-state index is 0.0154. The average Bonchev–Trinajstić information content (AvgIpc) is 2.66. The Morgan fingerprint density at radius 3 is 2.38 bits per heavy atom. The fourth-order valence-corrected chi connectivity index (χ4v) is 2.21. The van der Waals surface area contributed by atoms with Crippen molar-refractivity contribution >= 4 is 17.5 Å². The van der Waals surface area contributed by atoms with Gasteiger partial charge in [-0.1, -0.05) is 24.3 Å². The van der Waals surface area contributed by atoms with Crippen molar-refractivity contribution in [2.24, 2.45) is 0 Å². The monoisotopic (exact) mass is 357 g/mol. The Morgan fingerprint density at radius 2 is 1.62 bits per heavy atom. The van der Waals surface area contributed by atoms with Gasteiger partial charge in [0.1, 0.15) is 11.5 Å². The van der Waals surface area contributed by atoms with Crippen LogP contribution in [0.5, 0.6) is 11.5 Å². The summed E-state index contributed by atoms with van der Waals surface area (Å²) in [4.78, 5) is 23.6. The number of anilines is 1. The van der Waals surface area contributed by atoms with Crippen molar-refractivity contribution in [2.45, 2.75) is 13.8 Å². The zero-order valence-corrected chi connectivity index (χ0v) is 15.1. The summed E-state index contributed by atoms with van der Waals surface area (Å²) in [6.07, 6.45) is 0. The normalized spacial score (nSPS) is 9.96. The van der Waals surface area contributed by atoms with Crippen molar-refractivity contribution in [2.75, 3.05) is 25.6 Å². The van der Waals surface area contributed by atoms with Crippen LogP contribution < -0.4 is 25.6 Å². The highest BCUT2D eigenvalue weighted by molar-refractivity contribution is 5.85. The molecule has 0 radical (unpaired) electrons. The summed E-state index contributed by atoms with van der Waals surface area (Å²) in [5.74, 6) is 0.433. The Bertz CT molecular complexity index is 777. The van der Waals surface area contributed by atoms with Crippen LogP contribution in [0.1, 0.15) is 11.1 Å². The Hall–Kier alpha value is -3.22. The number of methoxy groups -OCH3 is 1. The number of ether oxygens (including phenoxy) is 2. The summed E-state index contributed by atoms with van der Waals surface area (Å²) >= 11 is 0. The number of amides is 2. The Morgan fingerprint density at radius 1 is 0.923 bits per heavy atom. The fourth-order valence-electron chi connectivity index (χ4n) is 2.21. The summed E-state index contributed by atoms with van der Waals surface area (Å²) in [5, 5.41) is 2.94. The van der Waals surface area contributed by atoms with Crippen molar-refractivity contribution < 1.29 is 19.1 Å². The van der Waals surface area contributed by atoms with E-state index in [1.807, 2.05) is 38.1 Å². The number of hydrogen-bond donors (Lipinski definition) is 3. The van der Waals surface area contributed by atoms with Gasteiger partial charge in [0, 0.05) is 0 Å². The standard InChI is InChI=1S/C19H23N3O4/c1-13-7-6-10-16(14(13)2)26-12-19(24)22-21-18(23)11-20-15-8-4-5-9-17(15)25-3/h4-10,20H,11-12H2,1-3H3,(H,21,23)(H,22,24). The van der Waals surface area contributed by atoms with E-state index >= 15 is 0 Å². The molecule has 0 heterocycles. The van der Waals surface area contributed by atoms with Gasteiger partial charge in [-0.25, -0.2) is 0 Å². The summed E-state index contributed by atoms with van der Waals surface area (Å²) in [5.41, 5.74) is 7.40. The van der Waals surface area contributed by atoms with E-state index in [2.05, 4.69) is 16.2 Å². The van der Waals surface area contributed by atoms with Gasteiger partial charge in [0.2, 0.25) is 0 Å². The van der Waals surface area contributed by atoms with Gasteiger partial charge in [-0.2, -0.15) is 0 Å². The molecule has 2 aromatic carbocycles. The first kappa shape index (κ1) is 19.1. The number of aryl methyl sites for hydroxylation is 1. The molecule has 0 aliphatic heterocycles. The third-order valence-electron chi connectivity index (χ3n) is 3.80. The van der Waals surface area contributed by atoms with Crippen LogP contribution in [0.3, 0.4) is 0 Å². The van der Waals surface area contributed by atoms with Crippen molar-refractivity contribution in [1.29, 1.82) is 0 Å². The molecule has 0 unspecified atom stereocenters. The second-order valence-electron chi connectivity index (χ2n) is 5.64. The van der Waals surface area contributed by atoms with Gasteiger partial charge in [-0.15, -0.1) is 0 Å². The van der Waals surface area contributed by atoms with Crippen LogP contribution in [0, 0.1) is 13.8 Å². The van der Waals surface area contributed by atoms with Gasteiger partial charge < -0.3 is 14.8 Å².